The maximum Gasteiger partial charge on any atom is 0.0605 e. The number of hydrogen-bond acceptors (Lipinski definition) is 2. The summed E-state index contributed by atoms with van der Waals surface area (Å²) in [5, 5.41) is 0. The zero-order valence-corrected chi connectivity index (χ0v) is 6.81. The molecular formula is C6H10S2. The van der Waals surface area contributed by atoms with Crippen molar-refractivity contribution < 1.29 is 0 Å². The van der Waals surface area contributed by atoms with Gasteiger partial charge in [0.15, 0.2) is 0 Å². The molecule has 0 atom stereocenters. The molecule has 0 heterocycles. The largest absolute Gasteiger partial charge is 0.150 e. The Kier molecular flexibility index (Phi) is 5.57. The Balaban J connectivity index is 3.25. The standard InChI is InChI=1S/C6H10S2/c1-4-5-6(7-2)8-3/h1,6H,5H2,2-3H3. The second kappa shape index (κ2) is 5.40. The fourth-order valence-electron chi connectivity index (χ4n) is 0.359. The Morgan fingerprint density at radius 3 is 2.12 bits per heavy atom. The highest BCUT2D eigenvalue weighted by molar-refractivity contribution is 8.16. The van der Waals surface area contributed by atoms with E-state index in [1.54, 1.807) is 0 Å². The van der Waals surface area contributed by atoms with Crippen LogP contribution >= 0.6 is 23.5 Å². The summed E-state index contributed by atoms with van der Waals surface area (Å²) < 4.78 is 0.597. The van der Waals surface area contributed by atoms with Crippen molar-refractivity contribution in [3.8, 4) is 12.3 Å². The average molecular weight is 146 g/mol. The lowest BCUT2D eigenvalue weighted by Crippen LogP contribution is -1.90. The molecule has 0 nitrogen and oxygen atoms in total. The molecule has 0 radical (unpaired) electrons. The molecule has 0 aromatic heterocycles. The predicted molar refractivity (Wildman–Crippen MR) is 44.3 cm³/mol. The van der Waals surface area contributed by atoms with Crippen molar-refractivity contribution in [2.24, 2.45) is 0 Å². The lowest BCUT2D eigenvalue weighted by atomic mass is 10.5. The molecule has 0 aromatic rings. The highest BCUT2D eigenvalue weighted by Gasteiger charge is 1.99. The van der Waals surface area contributed by atoms with Crippen LogP contribution in [0.5, 0.6) is 0 Å². The molecule has 0 bridgehead atoms. The van der Waals surface area contributed by atoms with Crippen molar-refractivity contribution in [3.63, 3.8) is 0 Å². The van der Waals surface area contributed by atoms with E-state index in [1.165, 1.54) is 0 Å². The minimum absolute atomic E-state index is 0.597. The van der Waals surface area contributed by atoms with Gasteiger partial charge in [-0.3, -0.25) is 0 Å². The van der Waals surface area contributed by atoms with Gasteiger partial charge < -0.3 is 0 Å². The van der Waals surface area contributed by atoms with Crippen molar-refractivity contribution in [3.05, 3.63) is 0 Å². The molecule has 0 aliphatic carbocycles. The molecule has 0 unspecified atom stereocenters. The number of thioether (sulfide) groups is 2. The minimum atomic E-state index is 0.597. The lowest BCUT2D eigenvalue weighted by molar-refractivity contribution is 1.24. The number of rotatable bonds is 3. The molecule has 2 heteroatoms. The number of hydrogen-bond donors (Lipinski definition) is 0. The van der Waals surface area contributed by atoms with Crippen molar-refractivity contribution in [2.45, 2.75) is 11.0 Å². The van der Waals surface area contributed by atoms with Crippen LogP contribution in [0.1, 0.15) is 6.42 Å². The minimum Gasteiger partial charge on any atom is -0.150 e. The Morgan fingerprint density at radius 1 is 1.50 bits per heavy atom. The van der Waals surface area contributed by atoms with Crippen molar-refractivity contribution in [1.82, 2.24) is 0 Å². The topological polar surface area (TPSA) is 0 Å². The van der Waals surface area contributed by atoms with Crippen molar-refractivity contribution in [1.29, 1.82) is 0 Å². The zero-order valence-electron chi connectivity index (χ0n) is 5.18. The maximum atomic E-state index is 5.10. The van der Waals surface area contributed by atoms with Crippen LogP contribution in [0.15, 0.2) is 0 Å². The Bertz CT molecular complexity index is 79.0. The molecule has 0 saturated heterocycles. The highest BCUT2D eigenvalue weighted by Crippen LogP contribution is 2.20. The first-order valence-corrected chi connectivity index (χ1v) is 4.91. The summed E-state index contributed by atoms with van der Waals surface area (Å²) in [5.41, 5.74) is 0. The quantitative estimate of drug-likeness (QED) is 0.441. The van der Waals surface area contributed by atoms with Gasteiger partial charge in [0.05, 0.1) is 4.58 Å². The van der Waals surface area contributed by atoms with E-state index in [2.05, 4.69) is 18.4 Å². The van der Waals surface area contributed by atoms with Crippen LogP contribution in [0.25, 0.3) is 0 Å². The average Bonchev–Trinajstić information content (AvgIpc) is 1.83. The third-order valence-electron chi connectivity index (χ3n) is 0.810. The van der Waals surface area contributed by atoms with E-state index < -0.39 is 0 Å². The molecular weight excluding hydrogens is 136 g/mol. The monoisotopic (exact) mass is 146 g/mol. The van der Waals surface area contributed by atoms with Gasteiger partial charge in [-0.15, -0.1) is 12.3 Å². The van der Waals surface area contributed by atoms with Gasteiger partial charge in [0.1, 0.15) is 0 Å². The van der Waals surface area contributed by atoms with Crippen molar-refractivity contribution in [2.75, 3.05) is 12.5 Å². The van der Waals surface area contributed by atoms with E-state index in [-0.39, 0.29) is 0 Å². The van der Waals surface area contributed by atoms with Crippen LogP contribution in [0, 0.1) is 12.3 Å². The first kappa shape index (κ1) is 8.26. The van der Waals surface area contributed by atoms with E-state index in [0.717, 1.165) is 6.42 Å². The Hall–Kier alpha value is 0.260. The van der Waals surface area contributed by atoms with Gasteiger partial charge in [0.2, 0.25) is 0 Å². The van der Waals surface area contributed by atoms with E-state index >= 15 is 0 Å². The Labute approximate surface area is 59.8 Å². The van der Waals surface area contributed by atoms with Gasteiger partial charge in [-0.2, -0.15) is 23.5 Å². The molecule has 0 rings (SSSR count). The molecule has 0 amide bonds. The fraction of sp³-hybridized carbons (Fsp3) is 0.667. The third kappa shape index (κ3) is 3.29. The summed E-state index contributed by atoms with van der Waals surface area (Å²) in [6, 6.07) is 0. The molecule has 0 aromatic carbocycles. The van der Waals surface area contributed by atoms with E-state index in [9.17, 15) is 0 Å². The Morgan fingerprint density at radius 2 is 2.00 bits per heavy atom. The van der Waals surface area contributed by atoms with Crippen LogP contribution in [0.4, 0.5) is 0 Å². The molecule has 46 valence electrons. The van der Waals surface area contributed by atoms with E-state index in [4.69, 9.17) is 6.42 Å². The zero-order chi connectivity index (χ0) is 6.41. The smallest absolute Gasteiger partial charge is 0.0605 e. The summed E-state index contributed by atoms with van der Waals surface area (Å²) in [4.78, 5) is 0. The lowest BCUT2D eigenvalue weighted by Gasteiger charge is -2.04. The molecule has 0 N–H and O–H groups in total. The van der Waals surface area contributed by atoms with Gasteiger partial charge in [-0.25, -0.2) is 0 Å². The first-order valence-electron chi connectivity index (χ1n) is 2.34. The molecule has 0 fully saturated rings. The van der Waals surface area contributed by atoms with Crippen LogP contribution in [0.3, 0.4) is 0 Å². The van der Waals surface area contributed by atoms with Crippen LogP contribution in [0.2, 0.25) is 0 Å². The van der Waals surface area contributed by atoms with Gasteiger partial charge >= 0.3 is 0 Å². The molecule has 0 spiro atoms. The maximum absolute atomic E-state index is 5.10. The van der Waals surface area contributed by atoms with E-state index in [1.807, 2.05) is 23.5 Å². The van der Waals surface area contributed by atoms with Crippen LogP contribution < -0.4 is 0 Å². The summed E-state index contributed by atoms with van der Waals surface area (Å²) in [5.74, 6) is 2.63. The van der Waals surface area contributed by atoms with Crippen LogP contribution in [-0.4, -0.2) is 17.1 Å². The first-order chi connectivity index (χ1) is 3.85. The molecule has 0 aliphatic rings. The fourth-order valence-corrected chi connectivity index (χ4v) is 1.65. The molecule has 0 saturated carbocycles. The van der Waals surface area contributed by atoms with E-state index in [0.29, 0.717) is 4.58 Å². The van der Waals surface area contributed by atoms with Gasteiger partial charge in [0.25, 0.3) is 0 Å². The molecule has 8 heavy (non-hydrogen) atoms. The summed E-state index contributed by atoms with van der Waals surface area (Å²) in [7, 11) is 0. The molecule has 0 aliphatic heterocycles. The second-order valence-corrected chi connectivity index (χ2v) is 3.69. The summed E-state index contributed by atoms with van der Waals surface area (Å²) >= 11 is 3.63. The summed E-state index contributed by atoms with van der Waals surface area (Å²) in [6.07, 6.45) is 10.1. The van der Waals surface area contributed by atoms with Crippen molar-refractivity contribution >= 4 is 23.5 Å². The highest BCUT2D eigenvalue weighted by atomic mass is 32.2. The normalized spacial score (nSPS) is 9.25. The number of terminal acetylenes is 1. The van der Waals surface area contributed by atoms with Gasteiger partial charge in [-0.1, -0.05) is 0 Å². The third-order valence-corrected chi connectivity index (χ3v) is 3.35. The SMILES string of the molecule is C#CCC(SC)SC. The summed E-state index contributed by atoms with van der Waals surface area (Å²) in [6.45, 7) is 0. The van der Waals surface area contributed by atoms with Gasteiger partial charge in [0, 0.05) is 6.42 Å². The second-order valence-electron chi connectivity index (χ2n) is 1.31. The predicted octanol–water partition coefficient (Wildman–Crippen LogP) is 2.06. The van der Waals surface area contributed by atoms with Crippen LogP contribution in [-0.2, 0) is 0 Å². The van der Waals surface area contributed by atoms with Gasteiger partial charge in [-0.05, 0) is 12.5 Å².